The molecule has 1 aliphatic carbocycles. The van der Waals surface area contributed by atoms with Crippen LogP contribution in [0.5, 0.6) is 0 Å². The number of nitrogens with zero attached hydrogens (tertiary/aromatic N) is 2. The second-order valence-corrected chi connectivity index (χ2v) is 5.07. The zero-order chi connectivity index (χ0) is 11.8. The SMILES string of the molecule is O=C(c1cncc(=O)[nH]1)N1C[C@@H]2CC[C@@H](C2)C1. The molecule has 1 N–H and O–H groups in total. The molecular formula is C12H15N3O2. The summed E-state index contributed by atoms with van der Waals surface area (Å²) in [6.07, 6.45) is 6.33. The van der Waals surface area contributed by atoms with Gasteiger partial charge in [0.25, 0.3) is 11.5 Å². The first kappa shape index (κ1) is 10.5. The van der Waals surface area contributed by atoms with Crippen molar-refractivity contribution in [3.63, 3.8) is 0 Å². The van der Waals surface area contributed by atoms with Crippen LogP contribution in [-0.2, 0) is 0 Å². The van der Waals surface area contributed by atoms with Gasteiger partial charge in [-0.25, -0.2) is 0 Å². The lowest BCUT2D eigenvalue weighted by Gasteiger charge is -2.31. The highest BCUT2D eigenvalue weighted by molar-refractivity contribution is 5.92. The number of hydrogen-bond donors (Lipinski definition) is 1. The summed E-state index contributed by atoms with van der Waals surface area (Å²) in [5.74, 6) is 1.22. The largest absolute Gasteiger partial charge is 0.337 e. The quantitative estimate of drug-likeness (QED) is 0.774. The Balaban J connectivity index is 1.80. The maximum atomic E-state index is 12.2. The summed E-state index contributed by atoms with van der Waals surface area (Å²) in [7, 11) is 0. The Morgan fingerprint density at radius 1 is 1.29 bits per heavy atom. The third kappa shape index (κ3) is 1.97. The highest BCUT2D eigenvalue weighted by Crippen LogP contribution is 2.36. The van der Waals surface area contributed by atoms with E-state index in [9.17, 15) is 9.59 Å². The summed E-state index contributed by atoms with van der Waals surface area (Å²) >= 11 is 0. The molecule has 2 heterocycles. The summed E-state index contributed by atoms with van der Waals surface area (Å²) in [6, 6.07) is 0. The van der Waals surface area contributed by atoms with Crippen LogP contribution in [0.3, 0.4) is 0 Å². The lowest BCUT2D eigenvalue weighted by atomic mass is 9.99. The topological polar surface area (TPSA) is 66.1 Å². The normalized spacial score (nSPS) is 27.2. The molecule has 1 aliphatic heterocycles. The fourth-order valence-electron chi connectivity index (χ4n) is 3.03. The molecule has 3 rings (SSSR count). The van der Waals surface area contributed by atoms with Gasteiger partial charge in [-0.15, -0.1) is 0 Å². The zero-order valence-corrected chi connectivity index (χ0v) is 9.56. The molecular weight excluding hydrogens is 218 g/mol. The number of likely N-dealkylation sites (tertiary alicyclic amines) is 1. The van der Waals surface area contributed by atoms with Crippen LogP contribution in [0.2, 0.25) is 0 Å². The molecule has 5 heteroatoms. The summed E-state index contributed by atoms with van der Waals surface area (Å²) in [5.41, 5.74) is -0.0189. The van der Waals surface area contributed by atoms with E-state index in [-0.39, 0.29) is 11.5 Å². The number of nitrogens with one attached hydrogen (secondary N) is 1. The van der Waals surface area contributed by atoms with Gasteiger partial charge in [0, 0.05) is 13.1 Å². The van der Waals surface area contributed by atoms with Gasteiger partial charge in [0.1, 0.15) is 5.69 Å². The minimum Gasteiger partial charge on any atom is -0.337 e. The minimum absolute atomic E-state index is 0.0909. The summed E-state index contributed by atoms with van der Waals surface area (Å²) in [6.45, 7) is 1.65. The summed E-state index contributed by atoms with van der Waals surface area (Å²) in [5, 5.41) is 0. The second-order valence-electron chi connectivity index (χ2n) is 5.07. The second kappa shape index (κ2) is 3.98. The van der Waals surface area contributed by atoms with Crippen LogP contribution in [0, 0.1) is 11.8 Å². The van der Waals surface area contributed by atoms with Gasteiger partial charge in [-0.05, 0) is 31.1 Å². The van der Waals surface area contributed by atoms with Crippen molar-refractivity contribution >= 4 is 5.91 Å². The number of fused-ring (bicyclic) bond motifs is 2. The van der Waals surface area contributed by atoms with E-state index in [1.807, 2.05) is 4.90 Å². The van der Waals surface area contributed by atoms with Crippen LogP contribution < -0.4 is 5.56 Å². The van der Waals surface area contributed by atoms with Crippen molar-refractivity contribution in [2.24, 2.45) is 11.8 Å². The van der Waals surface area contributed by atoms with Crippen LogP contribution in [0.25, 0.3) is 0 Å². The molecule has 1 amide bonds. The molecule has 1 aromatic heterocycles. The van der Waals surface area contributed by atoms with Gasteiger partial charge in [-0.1, -0.05) is 0 Å². The van der Waals surface area contributed by atoms with E-state index < -0.39 is 0 Å². The Hall–Kier alpha value is -1.65. The molecule has 0 radical (unpaired) electrons. The van der Waals surface area contributed by atoms with Crippen LogP contribution in [0.15, 0.2) is 17.2 Å². The van der Waals surface area contributed by atoms with Gasteiger partial charge in [0.2, 0.25) is 0 Å². The average Bonchev–Trinajstić information content (AvgIpc) is 2.67. The minimum atomic E-state index is -0.323. The van der Waals surface area contributed by atoms with E-state index in [2.05, 4.69) is 9.97 Å². The van der Waals surface area contributed by atoms with E-state index >= 15 is 0 Å². The number of carbonyl (C=O) groups is 1. The van der Waals surface area contributed by atoms with E-state index in [1.165, 1.54) is 31.7 Å². The Bertz CT molecular complexity index is 485. The molecule has 2 bridgehead atoms. The Morgan fingerprint density at radius 2 is 2.00 bits per heavy atom. The zero-order valence-electron chi connectivity index (χ0n) is 9.56. The third-order valence-electron chi connectivity index (χ3n) is 3.78. The Labute approximate surface area is 98.9 Å². The van der Waals surface area contributed by atoms with Crippen molar-refractivity contribution in [1.29, 1.82) is 0 Å². The molecule has 0 unspecified atom stereocenters. The van der Waals surface area contributed by atoms with Crippen molar-refractivity contribution in [1.82, 2.24) is 14.9 Å². The number of rotatable bonds is 1. The van der Waals surface area contributed by atoms with E-state index in [1.54, 1.807) is 0 Å². The number of hydrogen-bond acceptors (Lipinski definition) is 3. The van der Waals surface area contributed by atoms with Crippen LogP contribution in [0.4, 0.5) is 0 Å². The molecule has 2 fully saturated rings. The maximum absolute atomic E-state index is 12.2. The predicted molar refractivity (Wildman–Crippen MR) is 61.6 cm³/mol. The highest BCUT2D eigenvalue weighted by Gasteiger charge is 2.35. The number of piperidine rings is 1. The van der Waals surface area contributed by atoms with Crippen LogP contribution in [-0.4, -0.2) is 33.9 Å². The molecule has 2 aliphatic rings. The maximum Gasteiger partial charge on any atom is 0.271 e. The smallest absolute Gasteiger partial charge is 0.271 e. The van der Waals surface area contributed by atoms with Gasteiger partial charge in [0.05, 0.1) is 12.4 Å². The molecule has 1 aromatic rings. The number of H-pyrrole nitrogens is 1. The summed E-state index contributed by atoms with van der Waals surface area (Å²) < 4.78 is 0. The van der Waals surface area contributed by atoms with Crippen LogP contribution in [0.1, 0.15) is 29.8 Å². The Morgan fingerprint density at radius 3 is 2.65 bits per heavy atom. The molecule has 0 aromatic carbocycles. The molecule has 17 heavy (non-hydrogen) atoms. The van der Waals surface area contributed by atoms with Crippen molar-refractivity contribution < 1.29 is 4.79 Å². The van der Waals surface area contributed by atoms with Gasteiger partial charge in [-0.2, -0.15) is 0 Å². The fourth-order valence-corrected chi connectivity index (χ4v) is 3.03. The predicted octanol–water partition coefficient (Wildman–Crippen LogP) is 0.642. The molecule has 90 valence electrons. The lowest BCUT2D eigenvalue weighted by molar-refractivity contribution is 0.0655. The lowest BCUT2D eigenvalue weighted by Crippen LogP contribution is -2.41. The molecule has 2 atom stereocenters. The van der Waals surface area contributed by atoms with Crippen molar-refractivity contribution in [3.05, 3.63) is 28.4 Å². The third-order valence-corrected chi connectivity index (χ3v) is 3.78. The number of aromatic amines is 1. The van der Waals surface area contributed by atoms with Crippen molar-refractivity contribution in [3.8, 4) is 0 Å². The standard InChI is InChI=1S/C12H15N3O2/c16-11-5-13-4-10(14-11)12(17)15-6-8-1-2-9(3-8)7-15/h4-5,8-9H,1-3,6-7H2,(H,14,16)/t8-,9+. The molecule has 1 saturated carbocycles. The van der Waals surface area contributed by atoms with E-state index in [0.717, 1.165) is 13.1 Å². The first-order chi connectivity index (χ1) is 8.22. The summed E-state index contributed by atoms with van der Waals surface area (Å²) in [4.78, 5) is 31.5. The monoisotopic (exact) mass is 233 g/mol. The number of carbonyl (C=O) groups excluding carboxylic acids is 1. The molecule has 0 spiro atoms. The first-order valence-corrected chi connectivity index (χ1v) is 6.06. The highest BCUT2D eigenvalue weighted by atomic mass is 16.2. The van der Waals surface area contributed by atoms with E-state index in [4.69, 9.17) is 0 Å². The Kier molecular flexibility index (Phi) is 2.46. The number of aromatic nitrogens is 2. The molecule has 5 nitrogen and oxygen atoms in total. The van der Waals surface area contributed by atoms with Gasteiger partial charge in [0.15, 0.2) is 0 Å². The van der Waals surface area contributed by atoms with Gasteiger partial charge < -0.3 is 9.88 Å². The first-order valence-electron chi connectivity index (χ1n) is 6.06. The number of amides is 1. The van der Waals surface area contributed by atoms with Gasteiger partial charge in [-0.3, -0.25) is 14.6 Å². The van der Waals surface area contributed by atoms with Crippen LogP contribution >= 0.6 is 0 Å². The fraction of sp³-hybridized carbons (Fsp3) is 0.583. The molecule has 1 saturated heterocycles. The van der Waals surface area contributed by atoms with Gasteiger partial charge >= 0.3 is 0 Å². The van der Waals surface area contributed by atoms with Crippen molar-refractivity contribution in [2.45, 2.75) is 19.3 Å². The average molecular weight is 233 g/mol. The van der Waals surface area contributed by atoms with E-state index in [0.29, 0.717) is 17.5 Å². The van der Waals surface area contributed by atoms with Crippen molar-refractivity contribution in [2.75, 3.05) is 13.1 Å².